The fraction of sp³-hybridized carbons (Fsp3) is 0.500. The summed E-state index contributed by atoms with van der Waals surface area (Å²) in [6.45, 7) is 1.38. The molecule has 1 saturated heterocycles. The molecule has 2 aliphatic rings. The lowest BCUT2D eigenvalue weighted by molar-refractivity contribution is -0.148. The van der Waals surface area contributed by atoms with Crippen molar-refractivity contribution in [3.63, 3.8) is 0 Å². The third-order valence-corrected chi connectivity index (χ3v) is 8.22. The number of hydrogen-bond acceptors (Lipinski definition) is 5. The van der Waals surface area contributed by atoms with Crippen molar-refractivity contribution in [3.8, 4) is 0 Å². The number of fused-ring (bicyclic) bond motifs is 1. The van der Waals surface area contributed by atoms with E-state index in [4.69, 9.17) is 0 Å². The maximum Gasteiger partial charge on any atom is 0.389 e. The molecular formula is C32H37F6N5O3. The average Bonchev–Trinajstić information content (AvgIpc) is 3.50. The van der Waals surface area contributed by atoms with Gasteiger partial charge in [-0.05, 0) is 51.3 Å². The summed E-state index contributed by atoms with van der Waals surface area (Å²) < 4.78 is 79.4. The minimum atomic E-state index is -4.68. The van der Waals surface area contributed by atoms with Gasteiger partial charge in [0.1, 0.15) is 0 Å². The van der Waals surface area contributed by atoms with Crippen molar-refractivity contribution >= 4 is 29.1 Å². The van der Waals surface area contributed by atoms with Crippen LogP contribution in [0, 0.1) is 11.8 Å². The summed E-state index contributed by atoms with van der Waals surface area (Å²) in [6, 6.07) is 15.7. The minimum Gasteiger partial charge on any atom is -0.343 e. The number of rotatable bonds is 12. The molecule has 250 valence electrons. The molecule has 2 aromatic carbocycles. The van der Waals surface area contributed by atoms with Gasteiger partial charge < -0.3 is 15.5 Å². The van der Waals surface area contributed by atoms with Crippen LogP contribution in [0.3, 0.4) is 0 Å². The number of amides is 3. The van der Waals surface area contributed by atoms with Crippen molar-refractivity contribution in [1.29, 1.82) is 0 Å². The first-order valence-electron chi connectivity index (χ1n) is 15.2. The predicted octanol–water partition coefficient (Wildman–Crippen LogP) is 5.42. The highest BCUT2D eigenvalue weighted by Crippen LogP contribution is 2.33. The SMILES string of the molecule is CN1C(=O)[C@@H](NC(=O)[C@H](CCCC(F)(F)F)[C@H](CCC(F)(F)F)C(=O)NCN2CCCC2)N=C(c2ccccc2)c2ccccc21. The third kappa shape index (κ3) is 9.54. The van der Waals surface area contributed by atoms with E-state index in [0.29, 0.717) is 35.6 Å². The third-order valence-electron chi connectivity index (χ3n) is 8.22. The Balaban J connectivity index is 1.67. The lowest BCUT2D eigenvalue weighted by Gasteiger charge is -2.29. The van der Waals surface area contributed by atoms with Gasteiger partial charge in [0.2, 0.25) is 18.0 Å². The Hall–Kier alpha value is -3.94. The predicted molar refractivity (Wildman–Crippen MR) is 160 cm³/mol. The highest BCUT2D eigenvalue weighted by molar-refractivity contribution is 6.20. The van der Waals surface area contributed by atoms with Gasteiger partial charge in [0.05, 0.1) is 18.1 Å². The smallest absolute Gasteiger partial charge is 0.343 e. The van der Waals surface area contributed by atoms with Crippen molar-refractivity contribution in [1.82, 2.24) is 15.5 Å². The van der Waals surface area contributed by atoms with Crippen LogP contribution in [0.4, 0.5) is 32.0 Å². The van der Waals surface area contributed by atoms with E-state index in [2.05, 4.69) is 15.6 Å². The van der Waals surface area contributed by atoms with E-state index >= 15 is 0 Å². The van der Waals surface area contributed by atoms with Gasteiger partial charge in [-0.2, -0.15) is 26.3 Å². The quantitative estimate of drug-likeness (QED) is 0.300. The van der Waals surface area contributed by atoms with Crippen LogP contribution in [-0.2, 0) is 14.4 Å². The molecule has 1 fully saturated rings. The van der Waals surface area contributed by atoms with Crippen LogP contribution in [0.15, 0.2) is 59.6 Å². The van der Waals surface area contributed by atoms with Crippen molar-refractivity contribution in [3.05, 3.63) is 65.7 Å². The van der Waals surface area contributed by atoms with E-state index < -0.39 is 80.2 Å². The second-order valence-electron chi connectivity index (χ2n) is 11.6. The molecule has 2 aromatic rings. The molecule has 0 spiro atoms. The number of likely N-dealkylation sites (N-methyl/N-ethyl adjacent to an activating group) is 1. The van der Waals surface area contributed by atoms with Crippen molar-refractivity contribution in [2.24, 2.45) is 16.8 Å². The lowest BCUT2D eigenvalue weighted by Crippen LogP contribution is -2.51. The number of nitrogens with zero attached hydrogens (tertiary/aromatic N) is 3. The molecule has 0 saturated carbocycles. The van der Waals surface area contributed by atoms with Gasteiger partial charge in [-0.3, -0.25) is 19.3 Å². The van der Waals surface area contributed by atoms with Gasteiger partial charge in [0.15, 0.2) is 0 Å². The Morgan fingerprint density at radius 2 is 1.48 bits per heavy atom. The summed E-state index contributed by atoms with van der Waals surface area (Å²) in [4.78, 5) is 48.6. The van der Waals surface area contributed by atoms with Crippen LogP contribution in [0.2, 0.25) is 0 Å². The van der Waals surface area contributed by atoms with Crippen LogP contribution < -0.4 is 15.5 Å². The van der Waals surface area contributed by atoms with Gasteiger partial charge in [0, 0.05) is 42.9 Å². The standard InChI is InChI=1S/C32H37F6N5O3/c1-42-25-14-6-5-12-24(25)26(21-10-3-2-4-11-21)40-27(30(42)46)41-29(45)22(13-9-16-31(33,34)35)23(15-17-32(36,37)38)28(44)39-20-43-18-7-8-19-43/h2-6,10-12,14,22-23,27H,7-9,13,15-20H2,1H3,(H,39,44)(H,41,45)/t22-,23+,27-/m1/s1. The highest BCUT2D eigenvalue weighted by atomic mass is 19.4. The van der Waals surface area contributed by atoms with Gasteiger partial charge >= 0.3 is 12.4 Å². The van der Waals surface area contributed by atoms with Crippen LogP contribution in [0.25, 0.3) is 0 Å². The lowest BCUT2D eigenvalue weighted by atomic mass is 9.83. The Morgan fingerprint density at radius 3 is 2.13 bits per heavy atom. The molecule has 0 aliphatic carbocycles. The second kappa shape index (κ2) is 15.1. The molecule has 4 rings (SSSR count). The second-order valence-corrected chi connectivity index (χ2v) is 11.6. The average molecular weight is 654 g/mol. The molecule has 0 aromatic heterocycles. The summed E-state index contributed by atoms with van der Waals surface area (Å²) in [5.41, 5.74) is 2.03. The number of alkyl halides is 6. The first-order chi connectivity index (χ1) is 21.7. The number of para-hydroxylation sites is 1. The molecule has 3 amide bonds. The Kier molecular flexibility index (Phi) is 11.5. The summed E-state index contributed by atoms with van der Waals surface area (Å²) >= 11 is 0. The van der Waals surface area contributed by atoms with Gasteiger partial charge in [-0.1, -0.05) is 48.5 Å². The van der Waals surface area contributed by atoms with Crippen molar-refractivity contribution < 1.29 is 40.7 Å². The molecule has 2 heterocycles. The van der Waals surface area contributed by atoms with E-state index in [1.54, 1.807) is 54.6 Å². The maximum atomic E-state index is 13.9. The number of anilines is 1. The Labute approximate surface area is 263 Å². The van der Waals surface area contributed by atoms with E-state index in [-0.39, 0.29) is 6.67 Å². The minimum absolute atomic E-state index is 0.0349. The monoisotopic (exact) mass is 653 g/mol. The van der Waals surface area contributed by atoms with E-state index in [1.807, 2.05) is 4.90 Å². The number of aliphatic imine (C=N–C) groups is 1. The molecule has 2 N–H and O–H groups in total. The molecule has 46 heavy (non-hydrogen) atoms. The van der Waals surface area contributed by atoms with Crippen LogP contribution in [0.5, 0.6) is 0 Å². The molecule has 14 heteroatoms. The largest absolute Gasteiger partial charge is 0.389 e. The number of carbonyl (C=O) groups is 3. The molecule has 0 bridgehead atoms. The zero-order chi connectivity index (χ0) is 33.5. The summed E-state index contributed by atoms with van der Waals surface area (Å²) in [5, 5.41) is 5.07. The zero-order valence-corrected chi connectivity index (χ0v) is 25.3. The van der Waals surface area contributed by atoms with Gasteiger partial charge in [-0.15, -0.1) is 0 Å². The fourth-order valence-corrected chi connectivity index (χ4v) is 5.82. The van der Waals surface area contributed by atoms with Crippen molar-refractivity contribution in [2.75, 3.05) is 31.7 Å². The van der Waals surface area contributed by atoms with E-state index in [9.17, 15) is 40.7 Å². The van der Waals surface area contributed by atoms with Gasteiger partial charge in [-0.25, -0.2) is 4.99 Å². The topological polar surface area (TPSA) is 94.1 Å². The molecule has 0 unspecified atom stereocenters. The Bertz CT molecular complexity index is 1390. The fourth-order valence-electron chi connectivity index (χ4n) is 5.82. The van der Waals surface area contributed by atoms with Crippen LogP contribution in [0.1, 0.15) is 56.1 Å². The number of benzene rings is 2. The van der Waals surface area contributed by atoms with Crippen LogP contribution >= 0.6 is 0 Å². The molecular weight excluding hydrogens is 616 g/mol. The summed E-state index contributed by atoms with van der Waals surface area (Å²) in [5.74, 6) is -5.77. The normalized spacial score (nSPS) is 18.8. The van der Waals surface area contributed by atoms with Gasteiger partial charge in [0.25, 0.3) is 5.91 Å². The maximum absolute atomic E-state index is 13.9. The molecule has 8 nitrogen and oxygen atoms in total. The number of likely N-dealkylation sites (tertiary alicyclic amines) is 1. The molecule has 2 aliphatic heterocycles. The molecule has 0 radical (unpaired) electrons. The summed E-state index contributed by atoms with van der Waals surface area (Å²) in [6.07, 6.45) is -13.7. The van der Waals surface area contributed by atoms with E-state index in [0.717, 1.165) is 12.8 Å². The highest BCUT2D eigenvalue weighted by Gasteiger charge is 2.40. The van der Waals surface area contributed by atoms with Crippen LogP contribution in [-0.4, -0.2) is 73.7 Å². The van der Waals surface area contributed by atoms with E-state index in [1.165, 1.54) is 11.9 Å². The first kappa shape index (κ1) is 34.9. The Morgan fingerprint density at radius 1 is 0.870 bits per heavy atom. The molecule has 3 atom stereocenters. The number of benzodiazepines with no additional fused rings is 1. The number of carbonyl (C=O) groups excluding carboxylic acids is 3. The first-order valence-corrected chi connectivity index (χ1v) is 15.2. The summed E-state index contributed by atoms with van der Waals surface area (Å²) in [7, 11) is 1.47. The number of hydrogen-bond donors (Lipinski definition) is 2. The number of nitrogens with one attached hydrogen (secondary N) is 2. The number of halogens is 6. The van der Waals surface area contributed by atoms with Crippen molar-refractivity contribution in [2.45, 2.75) is 63.5 Å². The zero-order valence-electron chi connectivity index (χ0n) is 25.3.